The number of methoxy groups -OCH3 is 2. The predicted octanol–water partition coefficient (Wildman–Crippen LogP) is 2.30. The Balaban J connectivity index is 2.34. The number of hydrogen-bond donors (Lipinski definition) is 1. The summed E-state index contributed by atoms with van der Waals surface area (Å²) >= 11 is 0. The van der Waals surface area contributed by atoms with Crippen molar-refractivity contribution in [1.29, 1.82) is 0 Å². The summed E-state index contributed by atoms with van der Waals surface area (Å²) in [5.41, 5.74) is 6.83. The maximum absolute atomic E-state index is 12.7. The van der Waals surface area contributed by atoms with Crippen molar-refractivity contribution in [3.8, 4) is 11.5 Å². The summed E-state index contributed by atoms with van der Waals surface area (Å²) in [5, 5.41) is 0. The Kier molecular flexibility index (Phi) is 4.71. The zero-order valence-electron chi connectivity index (χ0n) is 12.1. The Morgan fingerprint density at radius 3 is 2.30 bits per heavy atom. The number of nitrogens with zero attached hydrogens (tertiary/aromatic N) is 1. The highest BCUT2D eigenvalue weighted by atomic mass is 16.5. The first kappa shape index (κ1) is 14.5. The number of benzene rings is 1. The Morgan fingerprint density at radius 2 is 1.75 bits per heavy atom. The number of likely N-dealkylation sites (tertiary alicyclic amines) is 1. The van der Waals surface area contributed by atoms with Gasteiger partial charge < -0.3 is 20.1 Å². The highest BCUT2D eigenvalue weighted by Crippen LogP contribution is 2.34. The summed E-state index contributed by atoms with van der Waals surface area (Å²) in [6, 6.07) is 3.33. The van der Waals surface area contributed by atoms with Crippen LogP contribution >= 0.6 is 0 Å². The second kappa shape index (κ2) is 6.50. The van der Waals surface area contributed by atoms with E-state index in [1.165, 1.54) is 27.1 Å². The molecule has 1 fully saturated rings. The van der Waals surface area contributed by atoms with Gasteiger partial charge in [-0.1, -0.05) is 12.8 Å². The van der Waals surface area contributed by atoms with Gasteiger partial charge in [-0.3, -0.25) is 4.79 Å². The van der Waals surface area contributed by atoms with Crippen molar-refractivity contribution < 1.29 is 14.3 Å². The molecule has 0 spiro atoms. The predicted molar refractivity (Wildman–Crippen MR) is 78.3 cm³/mol. The quantitative estimate of drug-likeness (QED) is 0.862. The molecule has 1 aromatic carbocycles. The van der Waals surface area contributed by atoms with Crippen molar-refractivity contribution >= 4 is 11.6 Å². The van der Waals surface area contributed by atoms with Gasteiger partial charge in [0.1, 0.15) is 0 Å². The van der Waals surface area contributed by atoms with Crippen LogP contribution in [0.25, 0.3) is 0 Å². The van der Waals surface area contributed by atoms with Crippen molar-refractivity contribution in [2.75, 3.05) is 33.0 Å². The number of rotatable bonds is 3. The van der Waals surface area contributed by atoms with Crippen LogP contribution < -0.4 is 15.2 Å². The van der Waals surface area contributed by atoms with E-state index in [2.05, 4.69) is 0 Å². The first-order valence-electron chi connectivity index (χ1n) is 6.98. The van der Waals surface area contributed by atoms with Gasteiger partial charge in [0.15, 0.2) is 11.5 Å². The lowest BCUT2D eigenvalue weighted by molar-refractivity contribution is 0.0757. The van der Waals surface area contributed by atoms with Crippen LogP contribution in [-0.4, -0.2) is 38.1 Å². The van der Waals surface area contributed by atoms with Gasteiger partial charge in [-0.2, -0.15) is 0 Å². The van der Waals surface area contributed by atoms with Gasteiger partial charge in [0.2, 0.25) is 0 Å². The third-order valence-electron chi connectivity index (χ3n) is 3.62. The van der Waals surface area contributed by atoms with Gasteiger partial charge >= 0.3 is 0 Å². The summed E-state index contributed by atoms with van der Waals surface area (Å²) in [5.74, 6) is 0.913. The van der Waals surface area contributed by atoms with Crippen molar-refractivity contribution in [3.05, 3.63) is 17.7 Å². The van der Waals surface area contributed by atoms with Crippen LogP contribution in [0.15, 0.2) is 12.1 Å². The highest BCUT2D eigenvalue weighted by molar-refractivity contribution is 5.99. The third-order valence-corrected chi connectivity index (χ3v) is 3.62. The maximum atomic E-state index is 12.7. The molecule has 1 heterocycles. The van der Waals surface area contributed by atoms with Crippen molar-refractivity contribution in [2.24, 2.45) is 0 Å². The molecular formula is C15H22N2O3. The molecule has 2 rings (SSSR count). The van der Waals surface area contributed by atoms with Gasteiger partial charge in [-0.25, -0.2) is 0 Å². The van der Waals surface area contributed by atoms with Crippen LogP contribution in [-0.2, 0) is 0 Å². The Morgan fingerprint density at radius 1 is 1.10 bits per heavy atom. The summed E-state index contributed by atoms with van der Waals surface area (Å²) in [6.07, 6.45) is 4.46. The number of ether oxygens (including phenoxy) is 2. The number of carbonyl (C=O) groups is 1. The molecule has 1 amide bonds. The molecular weight excluding hydrogens is 256 g/mol. The van der Waals surface area contributed by atoms with E-state index in [0.29, 0.717) is 22.7 Å². The van der Waals surface area contributed by atoms with Gasteiger partial charge in [-0.15, -0.1) is 0 Å². The molecule has 0 saturated carbocycles. The molecule has 1 aliphatic rings. The smallest absolute Gasteiger partial charge is 0.257 e. The highest BCUT2D eigenvalue weighted by Gasteiger charge is 2.23. The molecule has 1 saturated heterocycles. The van der Waals surface area contributed by atoms with E-state index < -0.39 is 0 Å². The number of nitrogen functional groups attached to an aromatic ring is 1. The van der Waals surface area contributed by atoms with E-state index in [9.17, 15) is 4.79 Å². The van der Waals surface area contributed by atoms with Crippen LogP contribution in [0.4, 0.5) is 5.69 Å². The number of hydrogen-bond acceptors (Lipinski definition) is 4. The maximum Gasteiger partial charge on any atom is 0.257 e. The van der Waals surface area contributed by atoms with E-state index >= 15 is 0 Å². The van der Waals surface area contributed by atoms with Gasteiger partial charge in [0, 0.05) is 24.8 Å². The minimum atomic E-state index is -0.0330. The Bertz CT molecular complexity index is 480. The van der Waals surface area contributed by atoms with Gasteiger partial charge in [0.05, 0.1) is 19.8 Å². The minimum absolute atomic E-state index is 0.0330. The molecule has 0 atom stereocenters. The fourth-order valence-electron chi connectivity index (χ4n) is 2.59. The van der Waals surface area contributed by atoms with Crippen LogP contribution in [0, 0.1) is 0 Å². The zero-order valence-corrected chi connectivity index (χ0v) is 12.1. The summed E-state index contributed by atoms with van der Waals surface area (Å²) in [7, 11) is 3.07. The fourth-order valence-corrected chi connectivity index (χ4v) is 2.59. The Hall–Kier alpha value is -1.91. The fraction of sp³-hybridized carbons (Fsp3) is 0.533. The normalized spacial score (nSPS) is 15.6. The monoisotopic (exact) mass is 278 g/mol. The molecule has 5 heteroatoms. The zero-order chi connectivity index (χ0) is 14.5. The lowest BCUT2D eigenvalue weighted by Crippen LogP contribution is -2.32. The molecule has 0 aromatic heterocycles. The molecule has 5 nitrogen and oxygen atoms in total. The van der Waals surface area contributed by atoms with E-state index in [1.807, 2.05) is 4.90 Å². The molecule has 1 aliphatic heterocycles. The van der Waals surface area contributed by atoms with E-state index in [-0.39, 0.29) is 5.91 Å². The molecule has 20 heavy (non-hydrogen) atoms. The molecule has 0 bridgehead atoms. The van der Waals surface area contributed by atoms with Gasteiger partial charge in [-0.05, 0) is 18.9 Å². The number of amides is 1. The van der Waals surface area contributed by atoms with Crippen LogP contribution in [0.3, 0.4) is 0 Å². The molecule has 0 aliphatic carbocycles. The molecule has 0 unspecified atom stereocenters. The number of anilines is 1. The number of carbonyl (C=O) groups excluding carboxylic acids is 1. The average Bonchev–Trinajstić information content (AvgIpc) is 2.74. The Labute approximate surface area is 119 Å². The minimum Gasteiger partial charge on any atom is -0.493 e. The van der Waals surface area contributed by atoms with Crippen molar-refractivity contribution in [3.63, 3.8) is 0 Å². The van der Waals surface area contributed by atoms with Crippen molar-refractivity contribution in [1.82, 2.24) is 4.90 Å². The summed E-state index contributed by atoms with van der Waals surface area (Å²) in [6.45, 7) is 1.58. The lowest BCUT2D eigenvalue weighted by atomic mass is 10.1. The lowest BCUT2D eigenvalue weighted by Gasteiger charge is -2.22. The second-order valence-electron chi connectivity index (χ2n) is 5.01. The average molecular weight is 278 g/mol. The summed E-state index contributed by atoms with van der Waals surface area (Å²) < 4.78 is 10.6. The van der Waals surface area contributed by atoms with Crippen molar-refractivity contribution in [2.45, 2.75) is 25.7 Å². The topological polar surface area (TPSA) is 64.8 Å². The molecule has 0 radical (unpaired) electrons. The van der Waals surface area contributed by atoms with E-state index in [1.54, 1.807) is 12.1 Å². The summed E-state index contributed by atoms with van der Waals surface area (Å²) in [4.78, 5) is 14.6. The van der Waals surface area contributed by atoms with Crippen LogP contribution in [0.2, 0.25) is 0 Å². The first-order valence-corrected chi connectivity index (χ1v) is 6.98. The van der Waals surface area contributed by atoms with Crippen LogP contribution in [0.5, 0.6) is 11.5 Å². The second-order valence-corrected chi connectivity index (χ2v) is 5.01. The standard InChI is InChI=1S/C15H22N2O3/c1-19-13-10-11(16)9-12(14(13)20-2)15(18)17-7-5-3-4-6-8-17/h9-10H,3-8,16H2,1-2H3. The first-order chi connectivity index (χ1) is 9.67. The largest absolute Gasteiger partial charge is 0.493 e. The molecule has 1 aromatic rings. The van der Waals surface area contributed by atoms with Gasteiger partial charge in [0.25, 0.3) is 5.91 Å². The number of nitrogens with two attached hydrogens (primary N) is 1. The van der Waals surface area contributed by atoms with E-state index in [0.717, 1.165) is 25.9 Å². The third kappa shape index (κ3) is 2.98. The SMILES string of the molecule is COc1cc(N)cc(C(=O)N2CCCCCC2)c1OC. The van der Waals surface area contributed by atoms with E-state index in [4.69, 9.17) is 15.2 Å². The molecule has 110 valence electrons. The molecule has 2 N–H and O–H groups in total. The van der Waals surface area contributed by atoms with Crippen LogP contribution in [0.1, 0.15) is 36.0 Å².